The van der Waals surface area contributed by atoms with Crippen LogP contribution in [0.25, 0.3) is 0 Å². The molecule has 1 rings (SSSR count). The van der Waals surface area contributed by atoms with Gasteiger partial charge in [-0.05, 0) is 24.2 Å². The van der Waals surface area contributed by atoms with E-state index in [9.17, 15) is 18.0 Å². The molecule has 0 heterocycles. The number of halogens is 3. The maximum atomic E-state index is 13.1. The van der Waals surface area contributed by atoms with Crippen molar-refractivity contribution in [2.24, 2.45) is 5.92 Å². The minimum atomic E-state index is -1.49. The van der Waals surface area contributed by atoms with Crippen LogP contribution in [0.3, 0.4) is 0 Å². The van der Waals surface area contributed by atoms with Gasteiger partial charge in [0, 0.05) is 13.1 Å². The van der Waals surface area contributed by atoms with E-state index in [1.807, 2.05) is 6.92 Å². The van der Waals surface area contributed by atoms with Gasteiger partial charge in [-0.3, -0.25) is 9.69 Å². The number of carbonyl (C=O) groups is 1. The molecule has 1 aromatic rings. The summed E-state index contributed by atoms with van der Waals surface area (Å²) < 4.78 is 38.9. The topological polar surface area (TPSA) is 40.5 Å². The van der Waals surface area contributed by atoms with Gasteiger partial charge in [0.15, 0.2) is 17.5 Å². The van der Waals surface area contributed by atoms with E-state index in [-0.39, 0.29) is 18.7 Å². The predicted molar refractivity (Wildman–Crippen MR) is 64.1 cm³/mol. The molecular formula is C13H16F3NO2. The van der Waals surface area contributed by atoms with Crippen LogP contribution in [0, 0.1) is 23.4 Å². The Kier molecular flexibility index (Phi) is 5.35. The molecule has 0 amide bonds. The Morgan fingerprint density at radius 2 is 1.84 bits per heavy atom. The molecule has 106 valence electrons. The highest BCUT2D eigenvalue weighted by atomic mass is 19.2. The Hall–Kier alpha value is -1.56. The van der Waals surface area contributed by atoms with E-state index in [1.165, 1.54) is 0 Å². The Balaban J connectivity index is 2.79. The first-order chi connectivity index (χ1) is 8.85. The molecule has 0 aliphatic rings. The van der Waals surface area contributed by atoms with Crippen LogP contribution >= 0.6 is 0 Å². The molecule has 1 aromatic carbocycles. The first-order valence-corrected chi connectivity index (χ1v) is 5.93. The number of carboxylic acid groups (broad SMARTS) is 1. The molecule has 1 atom stereocenters. The molecule has 1 unspecified atom stereocenters. The lowest BCUT2D eigenvalue weighted by Crippen LogP contribution is -2.31. The lowest BCUT2D eigenvalue weighted by Gasteiger charge is -2.22. The Morgan fingerprint density at radius 3 is 2.26 bits per heavy atom. The third-order valence-corrected chi connectivity index (χ3v) is 2.85. The number of hydrogen-bond acceptors (Lipinski definition) is 2. The van der Waals surface area contributed by atoms with E-state index in [0.717, 1.165) is 12.1 Å². The third-order valence-electron chi connectivity index (χ3n) is 2.85. The molecule has 0 fully saturated rings. The summed E-state index contributed by atoms with van der Waals surface area (Å²) in [6.07, 6.45) is 0. The van der Waals surface area contributed by atoms with Crippen LogP contribution in [0.2, 0.25) is 0 Å². The van der Waals surface area contributed by atoms with Gasteiger partial charge in [0.2, 0.25) is 0 Å². The second-order valence-corrected chi connectivity index (χ2v) is 4.44. The van der Waals surface area contributed by atoms with E-state index < -0.39 is 29.3 Å². The van der Waals surface area contributed by atoms with Gasteiger partial charge >= 0.3 is 5.97 Å². The predicted octanol–water partition coefficient (Wildman–Crippen LogP) is 2.65. The number of rotatable bonds is 6. The van der Waals surface area contributed by atoms with Crippen molar-refractivity contribution in [2.45, 2.75) is 20.4 Å². The normalized spacial score (nSPS) is 12.7. The van der Waals surface area contributed by atoms with Crippen LogP contribution in [0.1, 0.15) is 19.4 Å². The molecular weight excluding hydrogens is 259 g/mol. The monoisotopic (exact) mass is 275 g/mol. The van der Waals surface area contributed by atoms with Gasteiger partial charge in [-0.2, -0.15) is 0 Å². The average Bonchev–Trinajstić information content (AvgIpc) is 2.34. The zero-order chi connectivity index (χ0) is 14.6. The number of benzene rings is 1. The van der Waals surface area contributed by atoms with Crippen LogP contribution in [0.5, 0.6) is 0 Å². The Labute approximate surface area is 109 Å². The molecule has 0 aliphatic heterocycles. The second kappa shape index (κ2) is 6.56. The van der Waals surface area contributed by atoms with Crippen molar-refractivity contribution in [2.75, 3.05) is 13.1 Å². The van der Waals surface area contributed by atoms with Crippen LogP contribution in [0.15, 0.2) is 12.1 Å². The van der Waals surface area contributed by atoms with Crippen LogP contribution < -0.4 is 0 Å². The summed E-state index contributed by atoms with van der Waals surface area (Å²) in [4.78, 5) is 12.5. The summed E-state index contributed by atoms with van der Waals surface area (Å²) in [5.41, 5.74) is 0.274. The Morgan fingerprint density at radius 1 is 1.32 bits per heavy atom. The molecule has 0 aromatic heterocycles. The number of nitrogens with zero attached hydrogens (tertiary/aromatic N) is 1. The van der Waals surface area contributed by atoms with E-state index in [2.05, 4.69) is 0 Å². The molecule has 0 saturated heterocycles. The smallest absolute Gasteiger partial charge is 0.307 e. The molecule has 0 radical (unpaired) electrons. The Bertz CT molecular complexity index is 442. The number of aliphatic carboxylic acids is 1. The van der Waals surface area contributed by atoms with Gasteiger partial charge in [0.1, 0.15) is 0 Å². The molecule has 1 N–H and O–H groups in total. The second-order valence-electron chi connectivity index (χ2n) is 4.44. The summed E-state index contributed by atoms with van der Waals surface area (Å²) in [6.45, 7) is 4.31. The van der Waals surface area contributed by atoms with E-state index in [0.29, 0.717) is 6.54 Å². The van der Waals surface area contributed by atoms with Gasteiger partial charge in [0.05, 0.1) is 5.92 Å². The highest BCUT2D eigenvalue weighted by Gasteiger charge is 2.17. The SMILES string of the molecule is CCN(Cc1cc(F)c(F)c(F)c1)CC(C)C(=O)O. The summed E-state index contributed by atoms with van der Waals surface area (Å²) in [5.74, 6) is -5.50. The lowest BCUT2D eigenvalue weighted by molar-refractivity contribution is -0.141. The van der Waals surface area contributed by atoms with E-state index in [1.54, 1.807) is 11.8 Å². The molecule has 3 nitrogen and oxygen atoms in total. The largest absolute Gasteiger partial charge is 0.481 e. The van der Waals surface area contributed by atoms with Crippen molar-refractivity contribution in [1.29, 1.82) is 0 Å². The summed E-state index contributed by atoms with van der Waals surface area (Å²) >= 11 is 0. The van der Waals surface area contributed by atoms with Gasteiger partial charge in [-0.1, -0.05) is 13.8 Å². The van der Waals surface area contributed by atoms with Crippen molar-refractivity contribution in [3.8, 4) is 0 Å². The number of hydrogen-bond donors (Lipinski definition) is 1. The van der Waals surface area contributed by atoms with E-state index in [4.69, 9.17) is 5.11 Å². The van der Waals surface area contributed by atoms with Crippen molar-refractivity contribution >= 4 is 5.97 Å². The van der Waals surface area contributed by atoms with Crippen molar-refractivity contribution in [3.05, 3.63) is 35.1 Å². The van der Waals surface area contributed by atoms with Gasteiger partial charge in [-0.25, -0.2) is 13.2 Å². The molecule has 0 spiro atoms. The lowest BCUT2D eigenvalue weighted by atomic mass is 10.1. The quantitative estimate of drug-likeness (QED) is 0.811. The molecule has 0 saturated carbocycles. The fourth-order valence-electron chi connectivity index (χ4n) is 1.73. The first kappa shape index (κ1) is 15.5. The molecule has 6 heteroatoms. The van der Waals surface area contributed by atoms with Crippen LogP contribution in [0.4, 0.5) is 13.2 Å². The highest BCUT2D eigenvalue weighted by molar-refractivity contribution is 5.69. The maximum absolute atomic E-state index is 13.1. The highest BCUT2D eigenvalue weighted by Crippen LogP contribution is 2.15. The standard InChI is InChI=1S/C13H16F3NO2/c1-3-17(6-8(2)13(18)19)7-9-4-10(14)12(16)11(15)5-9/h4-5,8H,3,6-7H2,1-2H3,(H,18,19). The van der Waals surface area contributed by atoms with E-state index >= 15 is 0 Å². The van der Waals surface area contributed by atoms with Crippen molar-refractivity contribution in [3.63, 3.8) is 0 Å². The maximum Gasteiger partial charge on any atom is 0.307 e. The van der Waals surface area contributed by atoms with Crippen LogP contribution in [-0.2, 0) is 11.3 Å². The fourth-order valence-corrected chi connectivity index (χ4v) is 1.73. The average molecular weight is 275 g/mol. The van der Waals surface area contributed by atoms with Crippen molar-refractivity contribution in [1.82, 2.24) is 4.90 Å². The fraction of sp³-hybridized carbons (Fsp3) is 0.462. The molecule has 0 bridgehead atoms. The molecule has 19 heavy (non-hydrogen) atoms. The van der Waals surface area contributed by atoms with Gasteiger partial charge < -0.3 is 5.11 Å². The van der Waals surface area contributed by atoms with Crippen LogP contribution in [-0.4, -0.2) is 29.1 Å². The summed E-state index contributed by atoms with van der Waals surface area (Å²) in [5, 5.41) is 8.82. The van der Waals surface area contributed by atoms with Gasteiger partial charge in [0.25, 0.3) is 0 Å². The number of carboxylic acids is 1. The van der Waals surface area contributed by atoms with Gasteiger partial charge in [-0.15, -0.1) is 0 Å². The minimum Gasteiger partial charge on any atom is -0.481 e. The molecule has 0 aliphatic carbocycles. The zero-order valence-corrected chi connectivity index (χ0v) is 10.8. The first-order valence-electron chi connectivity index (χ1n) is 5.93. The van der Waals surface area contributed by atoms with Crippen molar-refractivity contribution < 1.29 is 23.1 Å². The zero-order valence-electron chi connectivity index (χ0n) is 10.8. The third kappa shape index (κ3) is 4.24. The summed E-state index contributed by atoms with van der Waals surface area (Å²) in [7, 11) is 0. The minimum absolute atomic E-state index is 0.169. The summed E-state index contributed by atoms with van der Waals surface area (Å²) in [6, 6.07) is 1.85.